The molecule has 8 heteroatoms. The van der Waals surface area contributed by atoms with Crippen LogP contribution in [0.4, 0.5) is 0 Å². The average molecular weight is 548 g/mol. The Morgan fingerprint density at radius 1 is 0.889 bits per heavy atom. The lowest BCUT2D eigenvalue weighted by molar-refractivity contribution is -0.112. The molecule has 3 aromatic rings. The molecule has 0 fully saturated rings. The van der Waals surface area contributed by atoms with Gasteiger partial charge in [0.05, 0.1) is 4.90 Å². The molecular weight excluding hydrogens is 515 g/mol. The number of hydrogen-bond donors (Lipinski definition) is 1. The molecule has 2 aromatic carbocycles. The van der Waals surface area contributed by atoms with Crippen molar-refractivity contribution in [3.63, 3.8) is 0 Å². The van der Waals surface area contributed by atoms with E-state index < -0.39 is 10.0 Å². The van der Waals surface area contributed by atoms with Gasteiger partial charge in [0.1, 0.15) is 0 Å². The number of halogens is 2. The number of aromatic nitrogens is 1. The molecule has 1 aromatic heterocycles. The van der Waals surface area contributed by atoms with E-state index in [1.165, 1.54) is 5.56 Å². The normalized spacial score (nSPS) is 12.4. The molecule has 36 heavy (non-hydrogen) atoms. The summed E-state index contributed by atoms with van der Waals surface area (Å²) in [5.74, 6) is 0.390. The number of nitrogens with zero attached hydrogens (tertiary/aromatic N) is 1. The third-order valence-corrected chi connectivity index (χ3v) is 8.14. The van der Waals surface area contributed by atoms with Crippen LogP contribution in [-0.4, -0.2) is 25.2 Å². The highest BCUT2D eigenvalue weighted by atomic mass is 35.5. The number of sulfonamides is 1. The summed E-state index contributed by atoms with van der Waals surface area (Å²) >= 11 is 11.5. The maximum Gasteiger partial charge on any atom is 0.240 e. The summed E-state index contributed by atoms with van der Waals surface area (Å²) in [4.78, 5) is 15.7. The van der Waals surface area contributed by atoms with Crippen molar-refractivity contribution in [1.29, 1.82) is 0 Å². The number of carbonyl (C=O) groups is 1. The van der Waals surface area contributed by atoms with Gasteiger partial charge < -0.3 is 0 Å². The molecule has 5 nitrogen and oxygen atoms in total. The van der Waals surface area contributed by atoms with Crippen LogP contribution in [0.15, 0.2) is 78.0 Å². The fourth-order valence-corrected chi connectivity index (χ4v) is 5.52. The van der Waals surface area contributed by atoms with E-state index in [1.807, 2.05) is 36.5 Å². The molecule has 0 saturated carbocycles. The van der Waals surface area contributed by atoms with Crippen molar-refractivity contribution in [2.24, 2.45) is 5.92 Å². The summed E-state index contributed by atoms with van der Waals surface area (Å²) in [7, 11) is -3.57. The van der Waals surface area contributed by atoms with Gasteiger partial charge in [0.25, 0.3) is 0 Å². The van der Waals surface area contributed by atoms with E-state index in [-0.39, 0.29) is 10.1 Å². The number of unbranched alkanes of at least 4 members (excludes halogenated alkanes) is 1. The third-order valence-electron chi connectivity index (χ3n) is 6.22. The zero-order chi connectivity index (χ0) is 25.8. The largest absolute Gasteiger partial charge is 0.281 e. The van der Waals surface area contributed by atoms with Crippen molar-refractivity contribution in [1.82, 2.24) is 9.71 Å². The Morgan fingerprint density at radius 3 is 2.19 bits per heavy atom. The molecule has 0 bridgehead atoms. The number of aryl methyl sites for hydroxylation is 1. The first-order valence-electron chi connectivity index (χ1n) is 12.3. The Labute approximate surface area is 224 Å². The minimum atomic E-state index is -3.57. The maximum atomic E-state index is 12.7. The van der Waals surface area contributed by atoms with Gasteiger partial charge in [0.15, 0.2) is 0 Å². The predicted molar refractivity (Wildman–Crippen MR) is 147 cm³/mol. The minimum absolute atomic E-state index is 0.245. The van der Waals surface area contributed by atoms with E-state index in [0.717, 1.165) is 56.1 Å². The zero-order valence-electron chi connectivity index (χ0n) is 20.2. The van der Waals surface area contributed by atoms with Crippen molar-refractivity contribution in [2.45, 2.75) is 56.3 Å². The van der Waals surface area contributed by atoms with Crippen molar-refractivity contribution in [3.8, 4) is 11.1 Å². The Balaban J connectivity index is 1.43. The van der Waals surface area contributed by atoms with E-state index >= 15 is 0 Å². The Kier molecular flexibility index (Phi) is 11.4. The number of carbonyl (C=O) groups excluding carboxylic acids is 1. The van der Waals surface area contributed by atoms with Crippen LogP contribution in [0, 0.1) is 5.92 Å². The molecule has 0 aliphatic heterocycles. The summed E-state index contributed by atoms with van der Waals surface area (Å²) in [5, 5.41) is 0.354. The van der Waals surface area contributed by atoms with E-state index in [9.17, 15) is 13.2 Å². The highest BCUT2D eigenvalue weighted by Crippen LogP contribution is 2.24. The van der Waals surface area contributed by atoms with Crippen molar-refractivity contribution in [3.05, 3.63) is 83.6 Å². The van der Waals surface area contributed by atoms with E-state index in [1.54, 1.807) is 30.5 Å². The van der Waals surface area contributed by atoms with Crippen LogP contribution in [0.3, 0.4) is 0 Å². The van der Waals surface area contributed by atoms with Crippen LogP contribution in [0.5, 0.6) is 0 Å². The number of benzene rings is 2. The van der Waals surface area contributed by atoms with Gasteiger partial charge >= 0.3 is 0 Å². The van der Waals surface area contributed by atoms with Gasteiger partial charge in [0, 0.05) is 30.4 Å². The number of hydrogen-bond acceptors (Lipinski definition) is 4. The topological polar surface area (TPSA) is 76.1 Å². The van der Waals surface area contributed by atoms with E-state index in [2.05, 4.69) is 15.8 Å². The highest BCUT2D eigenvalue weighted by Gasteiger charge is 2.14. The van der Waals surface area contributed by atoms with Crippen molar-refractivity contribution in [2.75, 3.05) is 6.54 Å². The standard InChI is InChI=1S/C28H32Cl2N2O3S/c29-26-14-10-24(11-15-26)25-12-16-27(17-13-25)36(34,35)32-20-2-1-5-22(9-18-28(30)33)6-3-7-23-8-4-19-31-21-23/h4,8,10-17,19,21-22,32H,1-3,5-7,9,18,20H2. The van der Waals surface area contributed by atoms with E-state index in [0.29, 0.717) is 23.9 Å². The second-order valence-corrected chi connectivity index (χ2v) is 11.6. The molecule has 1 unspecified atom stereocenters. The van der Waals surface area contributed by atoms with Gasteiger partial charge in [0.2, 0.25) is 15.3 Å². The lowest BCUT2D eigenvalue weighted by atomic mass is 9.91. The molecule has 192 valence electrons. The third kappa shape index (κ3) is 9.66. The van der Waals surface area contributed by atoms with Crippen molar-refractivity contribution >= 4 is 38.5 Å². The summed E-state index contributed by atoms with van der Waals surface area (Å²) in [6, 6.07) is 18.3. The van der Waals surface area contributed by atoms with Gasteiger partial charge in [-0.3, -0.25) is 9.78 Å². The van der Waals surface area contributed by atoms with Crippen LogP contribution in [-0.2, 0) is 21.2 Å². The summed E-state index contributed by atoms with van der Waals surface area (Å²) in [6.07, 6.45) is 10.3. The Hall–Kier alpha value is -2.25. The first kappa shape index (κ1) is 28.3. The molecule has 1 heterocycles. The molecule has 0 radical (unpaired) electrons. The maximum absolute atomic E-state index is 12.7. The van der Waals surface area contributed by atoms with Crippen LogP contribution < -0.4 is 4.72 Å². The lowest BCUT2D eigenvalue weighted by Gasteiger charge is -2.16. The summed E-state index contributed by atoms with van der Waals surface area (Å²) < 4.78 is 28.1. The van der Waals surface area contributed by atoms with Gasteiger partial charge in [-0.25, -0.2) is 13.1 Å². The molecule has 0 spiro atoms. The van der Waals surface area contributed by atoms with Crippen LogP contribution in [0.1, 0.15) is 50.5 Å². The molecule has 0 aliphatic rings. The van der Waals surface area contributed by atoms with Crippen LogP contribution >= 0.6 is 23.2 Å². The monoisotopic (exact) mass is 546 g/mol. The first-order valence-corrected chi connectivity index (χ1v) is 14.5. The van der Waals surface area contributed by atoms with Gasteiger partial charge in [-0.05, 0) is 90.2 Å². The Bertz CT molecular complexity index is 1190. The smallest absolute Gasteiger partial charge is 0.240 e. The summed E-state index contributed by atoms with van der Waals surface area (Å²) in [6.45, 7) is 0.373. The first-order chi connectivity index (χ1) is 17.3. The fourth-order valence-electron chi connectivity index (χ4n) is 4.21. The fraction of sp³-hybridized carbons (Fsp3) is 0.357. The number of rotatable bonds is 15. The minimum Gasteiger partial charge on any atom is -0.281 e. The number of nitrogens with one attached hydrogen (secondary N) is 1. The highest BCUT2D eigenvalue weighted by molar-refractivity contribution is 7.89. The molecule has 0 saturated heterocycles. The molecular formula is C28H32Cl2N2O3S. The van der Waals surface area contributed by atoms with Gasteiger partial charge in [-0.15, -0.1) is 0 Å². The SMILES string of the molecule is O=C(Cl)CCC(CCCCNS(=O)(=O)c1ccc(-c2ccc(Cl)cc2)cc1)CCCc1cccnc1. The van der Waals surface area contributed by atoms with Crippen LogP contribution in [0.25, 0.3) is 11.1 Å². The predicted octanol–water partition coefficient (Wildman–Crippen LogP) is 7.04. The molecule has 1 atom stereocenters. The van der Waals surface area contributed by atoms with Gasteiger partial charge in [-0.1, -0.05) is 61.2 Å². The molecule has 3 rings (SSSR count). The molecule has 1 N–H and O–H groups in total. The van der Waals surface area contributed by atoms with E-state index in [4.69, 9.17) is 23.2 Å². The zero-order valence-corrected chi connectivity index (χ0v) is 22.5. The second-order valence-electron chi connectivity index (χ2n) is 8.94. The van der Waals surface area contributed by atoms with Gasteiger partial charge in [-0.2, -0.15) is 0 Å². The Morgan fingerprint density at radius 2 is 1.56 bits per heavy atom. The van der Waals surface area contributed by atoms with Crippen LogP contribution in [0.2, 0.25) is 5.02 Å². The lowest BCUT2D eigenvalue weighted by Crippen LogP contribution is -2.24. The number of pyridine rings is 1. The second kappa shape index (κ2) is 14.5. The quantitative estimate of drug-likeness (QED) is 0.164. The van der Waals surface area contributed by atoms with Crippen molar-refractivity contribution < 1.29 is 13.2 Å². The molecule has 0 aliphatic carbocycles. The summed E-state index contributed by atoms with van der Waals surface area (Å²) in [5.41, 5.74) is 3.11. The average Bonchev–Trinajstić information content (AvgIpc) is 2.87. The molecule has 0 amide bonds.